The van der Waals surface area contributed by atoms with Gasteiger partial charge in [0.2, 0.25) is 10.0 Å². The van der Waals surface area contributed by atoms with Gasteiger partial charge in [0.15, 0.2) is 0 Å². The minimum atomic E-state index is -4.11. The Kier molecular flexibility index (Phi) is 5.36. The average molecular weight is 347 g/mol. The van der Waals surface area contributed by atoms with Crippen molar-refractivity contribution in [3.63, 3.8) is 0 Å². The number of halogens is 2. The van der Waals surface area contributed by atoms with Gasteiger partial charge >= 0.3 is 5.97 Å². The number of alkyl halides is 2. The van der Waals surface area contributed by atoms with Crippen LogP contribution in [-0.4, -0.2) is 37.2 Å². The fourth-order valence-corrected chi connectivity index (χ4v) is 4.42. The van der Waals surface area contributed by atoms with Crippen LogP contribution >= 0.6 is 0 Å². The van der Waals surface area contributed by atoms with Crippen LogP contribution < -0.4 is 4.72 Å². The number of carbonyl (C=O) groups is 1. The predicted octanol–water partition coefficient (Wildman–Crippen LogP) is 2.04. The number of nitrogens with one attached hydrogen (secondary N) is 1. The third kappa shape index (κ3) is 4.97. The molecule has 1 saturated carbocycles. The number of sulfonamides is 1. The number of carboxylic acids is 1. The number of aliphatic carboxylic acids is 1. The molecular weight excluding hydrogens is 328 g/mol. The van der Waals surface area contributed by atoms with Gasteiger partial charge in [0.25, 0.3) is 5.92 Å². The summed E-state index contributed by atoms with van der Waals surface area (Å²) in [5.74, 6) is -6.35. The highest BCUT2D eigenvalue weighted by atomic mass is 32.2. The van der Waals surface area contributed by atoms with Crippen LogP contribution in [-0.2, 0) is 21.2 Å². The Bertz CT molecular complexity index is 649. The zero-order chi connectivity index (χ0) is 17.1. The molecule has 1 unspecified atom stereocenters. The van der Waals surface area contributed by atoms with Crippen LogP contribution in [0.2, 0.25) is 0 Å². The van der Waals surface area contributed by atoms with Gasteiger partial charge in [-0.1, -0.05) is 30.3 Å². The lowest BCUT2D eigenvalue weighted by molar-refractivity contribution is -0.138. The first-order valence-corrected chi connectivity index (χ1v) is 8.99. The number of rotatable bonds is 7. The van der Waals surface area contributed by atoms with Crippen LogP contribution in [0.3, 0.4) is 0 Å². The molecule has 0 aromatic heterocycles. The van der Waals surface area contributed by atoms with E-state index in [-0.39, 0.29) is 25.7 Å². The maximum absolute atomic E-state index is 13.6. The molecule has 1 fully saturated rings. The van der Waals surface area contributed by atoms with Crippen molar-refractivity contribution in [2.24, 2.45) is 5.92 Å². The van der Waals surface area contributed by atoms with Crippen molar-refractivity contribution in [1.29, 1.82) is 0 Å². The molecule has 1 aromatic carbocycles. The van der Waals surface area contributed by atoms with Crippen LogP contribution in [0.4, 0.5) is 8.78 Å². The largest absolute Gasteiger partial charge is 0.480 e. The minimum Gasteiger partial charge on any atom is -0.480 e. The number of benzene rings is 1. The van der Waals surface area contributed by atoms with E-state index in [4.69, 9.17) is 0 Å². The molecule has 128 valence electrons. The van der Waals surface area contributed by atoms with E-state index in [1.165, 1.54) is 0 Å². The summed E-state index contributed by atoms with van der Waals surface area (Å²) in [4.78, 5) is 11.3. The third-order valence-corrected chi connectivity index (χ3v) is 5.47. The molecule has 0 bridgehead atoms. The molecule has 2 atom stereocenters. The Morgan fingerprint density at radius 3 is 2.52 bits per heavy atom. The summed E-state index contributed by atoms with van der Waals surface area (Å²) in [5, 5.41) is 9.19. The normalized spacial score (nSPS) is 21.9. The highest BCUT2D eigenvalue weighted by Gasteiger charge is 2.46. The summed E-state index contributed by atoms with van der Waals surface area (Å²) in [6.45, 7) is 0. The summed E-state index contributed by atoms with van der Waals surface area (Å²) in [5.41, 5.74) is 0.647. The molecule has 23 heavy (non-hydrogen) atoms. The first kappa shape index (κ1) is 17.8. The second-order valence-corrected chi connectivity index (χ2v) is 7.63. The molecule has 0 radical (unpaired) electrons. The van der Waals surface area contributed by atoms with Crippen molar-refractivity contribution in [3.05, 3.63) is 35.9 Å². The summed E-state index contributed by atoms with van der Waals surface area (Å²) < 4.78 is 53.3. The van der Waals surface area contributed by atoms with Gasteiger partial charge in [-0.15, -0.1) is 0 Å². The van der Waals surface area contributed by atoms with Crippen molar-refractivity contribution in [2.45, 2.75) is 37.6 Å². The fourth-order valence-electron chi connectivity index (χ4n) is 2.76. The SMILES string of the molecule is O=C(O)[C@@H](Cc1ccccc1)NS(=O)(=O)CC1CCCC1(F)F. The van der Waals surface area contributed by atoms with Gasteiger partial charge < -0.3 is 5.11 Å². The molecule has 0 heterocycles. The van der Waals surface area contributed by atoms with Crippen molar-refractivity contribution in [3.8, 4) is 0 Å². The van der Waals surface area contributed by atoms with Crippen LogP contribution in [0, 0.1) is 5.92 Å². The Labute approximate surface area is 133 Å². The lowest BCUT2D eigenvalue weighted by atomic mass is 10.1. The number of carboxylic acid groups (broad SMARTS) is 1. The average Bonchev–Trinajstić information content (AvgIpc) is 2.77. The Hall–Kier alpha value is -1.54. The zero-order valence-electron chi connectivity index (χ0n) is 12.4. The van der Waals surface area contributed by atoms with Crippen molar-refractivity contribution in [1.82, 2.24) is 4.72 Å². The molecule has 8 heteroatoms. The van der Waals surface area contributed by atoms with E-state index in [0.29, 0.717) is 5.56 Å². The lowest BCUT2D eigenvalue weighted by Crippen LogP contribution is -2.45. The van der Waals surface area contributed by atoms with Crippen molar-refractivity contribution in [2.75, 3.05) is 5.75 Å². The second kappa shape index (κ2) is 6.92. The highest BCUT2D eigenvalue weighted by molar-refractivity contribution is 7.89. The lowest BCUT2D eigenvalue weighted by Gasteiger charge is -2.21. The van der Waals surface area contributed by atoms with Crippen LogP contribution in [0.1, 0.15) is 24.8 Å². The monoisotopic (exact) mass is 347 g/mol. The van der Waals surface area contributed by atoms with Gasteiger partial charge in [-0.25, -0.2) is 21.9 Å². The van der Waals surface area contributed by atoms with E-state index in [1.54, 1.807) is 30.3 Å². The second-order valence-electron chi connectivity index (χ2n) is 5.83. The Morgan fingerprint density at radius 1 is 1.35 bits per heavy atom. The van der Waals surface area contributed by atoms with E-state index < -0.39 is 39.6 Å². The van der Waals surface area contributed by atoms with Crippen LogP contribution in [0.15, 0.2) is 30.3 Å². The summed E-state index contributed by atoms with van der Waals surface area (Å²) in [6, 6.07) is 7.15. The van der Waals surface area contributed by atoms with Gasteiger partial charge in [0.05, 0.1) is 5.75 Å². The molecule has 2 N–H and O–H groups in total. The van der Waals surface area contributed by atoms with E-state index in [9.17, 15) is 27.1 Å². The van der Waals surface area contributed by atoms with Gasteiger partial charge in [-0.3, -0.25) is 4.79 Å². The number of hydrogen-bond acceptors (Lipinski definition) is 3. The summed E-state index contributed by atoms with van der Waals surface area (Å²) in [6.07, 6.45) is 0.0416. The summed E-state index contributed by atoms with van der Waals surface area (Å²) >= 11 is 0. The molecule has 1 aromatic rings. The molecule has 1 aliphatic rings. The van der Waals surface area contributed by atoms with Crippen LogP contribution in [0.5, 0.6) is 0 Å². The Morgan fingerprint density at radius 2 is 2.00 bits per heavy atom. The quantitative estimate of drug-likeness (QED) is 0.791. The molecule has 0 aliphatic heterocycles. The zero-order valence-corrected chi connectivity index (χ0v) is 13.2. The molecule has 1 aliphatic carbocycles. The minimum absolute atomic E-state index is 0.0452. The van der Waals surface area contributed by atoms with Gasteiger partial charge in [0.1, 0.15) is 6.04 Å². The Balaban J connectivity index is 2.05. The maximum Gasteiger partial charge on any atom is 0.322 e. The van der Waals surface area contributed by atoms with Crippen LogP contribution in [0.25, 0.3) is 0 Å². The maximum atomic E-state index is 13.6. The third-order valence-electron chi connectivity index (χ3n) is 3.98. The van der Waals surface area contributed by atoms with Crippen molar-refractivity contribution < 1.29 is 27.1 Å². The van der Waals surface area contributed by atoms with E-state index in [0.717, 1.165) is 0 Å². The summed E-state index contributed by atoms with van der Waals surface area (Å²) in [7, 11) is -4.11. The molecule has 0 saturated heterocycles. The topological polar surface area (TPSA) is 83.5 Å². The first-order valence-electron chi connectivity index (χ1n) is 7.34. The van der Waals surface area contributed by atoms with Gasteiger partial charge in [-0.2, -0.15) is 0 Å². The van der Waals surface area contributed by atoms with E-state index in [1.807, 2.05) is 4.72 Å². The van der Waals surface area contributed by atoms with Gasteiger partial charge in [-0.05, 0) is 24.8 Å². The van der Waals surface area contributed by atoms with E-state index >= 15 is 0 Å². The fraction of sp³-hybridized carbons (Fsp3) is 0.533. The molecule has 0 spiro atoms. The standard InChI is InChI=1S/C15H19F2NO4S/c16-15(17)8-4-7-12(15)10-23(21,22)18-13(14(19)20)9-11-5-2-1-3-6-11/h1-3,5-6,12-13,18H,4,7-10H2,(H,19,20)/t12?,13-/m1/s1. The highest BCUT2D eigenvalue weighted by Crippen LogP contribution is 2.40. The predicted molar refractivity (Wildman–Crippen MR) is 80.8 cm³/mol. The molecule has 2 rings (SSSR count). The first-order chi connectivity index (χ1) is 10.7. The van der Waals surface area contributed by atoms with Gasteiger partial charge in [0, 0.05) is 12.3 Å². The van der Waals surface area contributed by atoms with E-state index in [2.05, 4.69) is 0 Å². The number of hydrogen-bond donors (Lipinski definition) is 2. The van der Waals surface area contributed by atoms with Crippen molar-refractivity contribution >= 4 is 16.0 Å². The molecular formula is C15H19F2NO4S. The molecule has 0 amide bonds. The smallest absolute Gasteiger partial charge is 0.322 e. The molecule has 5 nitrogen and oxygen atoms in total.